The Morgan fingerprint density at radius 2 is 1.85 bits per heavy atom. The van der Waals surface area contributed by atoms with E-state index in [1.54, 1.807) is 24.4 Å². The number of carboxylic acid groups (broad SMARTS) is 1. The second kappa shape index (κ2) is 8.24. The van der Waals surface area contributed by atoms with Crippen LogP contribution in [0.2, 0.25) is 0 Å². The molecule has 0 amide bonds. The number of aromatic nitrogens is 2. The SMILES string of the molecule is CC(C)(c1[c-]c(Oc2ccccn2)ccc1)c1cccc(C(=O)O)n1.[Pt]. The molecule has 2 aromatic heterocycles. The number of ether oxygens (including phenoxy) is 1. The van der Waals surface area contributed by atoms with E-state index in [1.807, 2.05) is 44.2 Å². The van der Waals surface area contributed by atoms with Crippen molar-refractivity contribution >= 4 is 5.97 Å². The maximum absolute atomic E-state index is 11.2. The molecule has 1 N–H and O–H groups in total. The van der Waals surface area contributed by atoms with Crippen LogP contribution in [0.25, 0.3) is 0 Å². The van der Waals surface area contributed by atoms with E-state index in [-0.39, 0.29) is 26.8 Å². The van der Waals surface area contributed by atoms with Crippen molar-refractivity contribution in [2.24, 2.45) is 0 Å². The summed E-state index contributed by atoms with van der Waals surface area (Å²) in [6.07, 6.45) is 1.66. The summed E-state index contributed by atoms with van der Waals surface area (Å²) in [5, 5.41) is 9.16. The molecule has 5 nitrogen and oxygen atoms in total. The molecule has 0 saturated heterocycles. The number of hydrogen-bond donors (Lipinski definition) is 1. The van der Waals surface area contributed by atoms with Crippen LogP contribution in [0.5, 0.6) is 11.6 Å². The van der Waals surface area contributed by atoms with Gasteiger partial charge in [-0.05, 0) is 18.2 Å². The van der Waals surface area contributed by atoms with Gasteiger partial charge in [-0.1, -0.05) is 26.0 Å². The molecule has 0 aliphatic rings. The van der Waals surface area contributed by atoms with E-state index in [1.165, 1.54) is 6.07 Å². The van der Waals surface area contributed by atoms with Crippen molar-refractivity contribution in [1.29, 1.82) is 0 Å². The van der Waals surface area contributed by atoms with E-state index in [0.29, 0.717) is 17.3 Å². The monoisotopic (exact) mass is 528 g/mol. The first kappa shape index (κ1) is 19.8. The molecule has 0 aliphatic heterocycles. The molecule has 0 atom stereocenters. The molecule has 2 heterocycles. The number of carboxylic acids is 1. The van der Waals surface area contributed by atoms with Gasteiger partial charge in [0.15, 0.2) is 0 Å². The van der Waals surface area contributed by atoms with E-state index < -0.39 is 11.4 Å². The largest absolute Gasteiger partial charge is 0.477 e. The minimum Gasteiger partial charge on any atom is -0.477 e. The predicted molar refractivity (Wildman–Crippen MR) is 92.9 cm³/mol. The van der Waals surface area contributed by atoms with Crippen molar-refractivity contribution in [2.75, 3.05) is 0 Å². The fraction of sp³-hybridized carbons (Fsp3) is 0.150. The summed E-state index contributed by atoms with van der Waals surface area (Å²) in [6.45, 7) is 3.94. The molecule has 0 aliphatic carbocycles. The van der Waals surface area contributed by atoms with Crippen molar-refractivity contribution in [3.8, 4) is 11.6 Å². The molecule has 136 valence electrons. The van der Waals surface area contributed by atoms with Crippen molar-refractivity contribution in [3.63, 3.8) is 0 Å². The maximum Gasteiger partial charge on any atom is 0.354 e. The fourth-order valence-electron chi connectivity index (χ4n) is 2.43. The van der Waals surface area contributed by atoms with Gasteiger partial charge in [-0.3, -0.25) is 0 Å². The van der Waals surface area contributed by atoms with Crippen LogP contribution < -0.4 is 4.74 Å². The van der Waals surface area contributed by atoms with Crippen LogP contribution in [0.15, 0.2) is 60.8 Å². The average molecular weight is 528 g/mol. The third-order valence-electron chi connectivity index (χ3n) is 3.90. The Kier molecular flexibility index (Phi) is 6.27. The average Bonchev–Trinajstić information content (AvgIpc) is 2.63. The molecule has 3 rings (SSSR count). The van der Waals surface area contributed by atoms with Gasteiger partial charge in [-0.2, -0.15) is 12.1 Å². The van der Waals surface area contributed by atoms with Gasteiger partial charge < -0.3 is 9.84 Å². The van der Waals surface area contributed by atoms with Crippen LogP contribution in [0.1, 0.15) is 35.6 Å². The van der Waals surface area contributed by atoms with Gasteiger partial charge in [0.1, 0.15) is 5.69 Å². The Balaban J connectivity index is 0.00000243. The van der Waals surface area contributed by atoms with Gasteiger partial charge in [-0.15, -0.1) is 17.7 Å². The first-order valence-corrected chi connectivity index (χ1v) is 7.79. The first-order valence-electron chi connectivity index (χ1n) is 7.79. The molecular formula is C20H17N2O3Pt-. The zero-order chi connectivity index (χ0) is 17.9. The first-order chi connectivity index (χ1) is 12.0. The number of rotatable bonds is 5. The van der Waals surface area contributed by atoms with Gasteiger partial charge in [0, 0.05) is 50.2 Å². The molecule has 0 radical (unpaired) electrons. The van der Waals surface area contributed by atoms with Crippen LogP contribution in [-0.2, 0) is 26.5 Å². The van der Waals surface area contributed by atoms with E-state index in [9.17, 15) is 4.79 Å². The molecule has 0 spiro atoms. The Morgan fingerprint density at radius 1 is 1.08 bits per heavy atom. The smallest absolute Gasteiger partial charge is 0.354 e. The van der Waals surface area contributed by atoms with Crippen molar-refractivity contribution in [3.05, 3.63) is 83.8 Å². The summed E-state index contributed by atoms with van der Waals surface area (Å²) in [5.41, 5.74) is 0.982. The number of aromatic carboxylic acids is 1. The minimum absolute atomic E-state index is 0. The fourth-order valence-corrected chi connectivity index (χ4v) is 2.43. The van der Waals surface area contributed by atoms with Crippen molar-refractivity contribution in [1.82, 2.24) is 9.97 Å². The molecule has 26 heavy (non-hydrogen) atoms. The molecule has 0 saturated carbocycles. The summed E-state index contributed by atoms with van der Waals surface area (Å²) in [6, 6.07) is 19.2. The van der Waals surface area contributed by atoms with E-state index in [4.69, 9.17) is 9.84 Å². The zero-order valence-corrected chi connectivity index (χ0v) is 16.5. The van der Waals surface area contributed by atoms with Crippen molar-refractivity contribution < 1.29 is 35.7 Å². The van der Waals surface area contributed by atoms with Gasteiger partial charge in [0.05, 0.1) is 0 Å². The Bertz CT molecular complexity index is 898. The van der Waals surface area contributed by atoms with Crippen LogP contribution >= 0.6 is 0 Å². The number of hydrogen-bond acceptors (Lipinski definition) is 4. The molecule has 1 aromatic carbocycles. The third kappa shape index (κ3) is 4.35. The van der Waals surface area contributed by atoms with Gasteiger partial charge in [0.25, 0.3) is 0 Å². The normalized spacial score (nSPS) is 10.7. The van der Waals surface area contributed by atoms with Crippen LogP contribution in [0.3, 0.4) is 0 Å². The number of carbonyl (C=O) groups is 1. The summed E-state index contributed by atoms with van der Waals surface area (Å²) >= 11 is 0. The summed E-state index contributed by atoms with van der Waals surface area (Å²) < 4.78 is 5.73. The number of nitrogens with zero attached hydrogens (tertiary/aromatic N) is 2. The molecule has 0 bridgehead atoms. The van der Waals surface area contributed by atoms with Crippen LogP contribution in [0, 0.1) is 6.07 Å². The summed E-state index contributed by atoms with van der Waals surface area (Å²) in [7, 11) is 0. The maximum atomic E-state index is 11.2. The van der Waals surface area contributed by atoms with Gasteiger partial charge in [-0.25, -0.2) is 14.8 Å². The second-order valence-electron chi connectivity index (χ2n) is 6.04. The quantitative estimate of drug-likeness (QED) is 0.506. The van der Waals surface area contributed by atoms with Gasteiger partial charge in [0.2, 0.25) is 5.88 Å². The zero-order valence-electron chi connectivity index (χ0n) is 14.2. The van der Waals surface area contributed by atoms with Crippen LogP contribution in [0.4, 0.5) is 0 Å². The third-order valence-corrected chi connectivity index (χ3v) is 3.90. The van der Waals surface area contributed by atoms with Gasteiger partial charge >= 0.3 is 5.97 Å². The van der Waals surface area contributed by atoms with E-state index >= 15 is 0 Å². The van der Waals surface area contributed by atoms with E-state index in [0.717, 1.165) is 5.56 Å². The molecule has 0 unspecified atom stereocenters. The Hall–Kier alpha value is -2.52. The summed E-state index contributed by atoms with van der Waals surface area (Å²) in [5.74, 6) is -0.0211. The number of pyridine rings is 2. The van der Waals surface area contributed by atoms with E-state index in [2.05, 4.69) is 16.0 Å². The molecule has 6 heteroatoms. The molecule has 0 fully saturated rings. The Labute approximate surface area is 166 Å². The minimum atomic E-state index is -1.05. The number of benzene rings is 1. The second-order valence-corrected chi connectivity index (χ2v) is 6.04. The van der Waals surface area contributed by atoms with Crippen LogP contribution in [-0.4, -0.2) is 21.0 Å². The van der Waals surface area contributed by atoms with Crippen molar-refractivity contribution in [2.45, 2.75) is 19.3 Å². The predicted octanol–water partition coefficient (Wildman–Crippen LogP) is 4.09. The Morgan fingerprint density at radius 3 is 2.54 bits per heavy atom. The topological polar surface area (TPSA) is 72.3 Å². The standard InChI is InChI=1S/C20H17N2O3.Pt/c1-20(2,17-10-6-9-16(22-17)19(23)24)14-7-5-8-15(13-14)25-18-11-3-4-12-21-18;/h3-12H,1-2H3,(H,23,24);/q-1;. The molecular weight excluding hydrogens is 511 g/mol. The summed E-state index contributed by atoms with van der Waals surface area (Å²) in [4.78, 5) is 19.6. The molecule has 3 aromatic rings.